The number of urea groups is 1. The molecule has 12 nitrogen and oxygen atoms in total. The Morgan fingerprint density at radius 2 is 1.78 bits per heavy atom. The van der Waals surface area contributed by atoms with Crippen LogP contribution in [0.1, 0.15) is 32.4 Å². The Hall–Kier alpha value is -3.61. The standard InChI is InChI=1S/C23H27N5O7S/c1-4-26-10-11-27(19(32)18(26)31)22(35)25-13(12-8-6-5-7-9-12)16(29)24-14-17(30)28-15(21(33)34)23(2,3)36-20(14)28/h5-9,13-15,20H,4,10-11H2,1-3H3,(H,24,29)(H,25,35)(H,33,34)/t13?,14-,15+,20-/m0/s1. The van der Waals surface area contributed by atoms with Gasteiger partial charge in [-0.2, -0.15) is 0 Å². The second-order valence-electron chi connectivity index (χ2n) is 9.22. The second kappa shape index (κ2) is 9.45. The maximum Gasteiger partial charge on any atom is 0.327 e. The van der Waals surface area contributed by atoms with Crippen LogP contribution in [-0.4, -0.2) is 97.3 Å². The number of fused-ring (bicyclic) bond motifs is 1. The average molecular weight is 518 g/mol. The summed E-state index contributed by atoms with van der Waals surface area (Å²) in [5, 5.41) is 14.2. The van der Waals surface area contributed by atoms with Crippen molar-refractivity contribution in [3.05, 3.63) is 35.9 Å². The molecule has 1 aromatic rings. The molecule has 0 bridgehead atoms. The van der Waals surface area contributed by atoms with Crippen molar-refractivity contribution in [2.75, 3.05) is 19.6 Å². The fourth-order valence-electron chi connectivity index (χ4n) is 4.70. The number of aliphatic carboxylic acids is 1. The van der Waals surface area contributed by atoms with E-state index in [9.17, 15) is 33.9 Å². The molecule has 3 aliphatic rings. The van der Waals surface area contributed by atoms with Gasteiger partial charge in [-0.05, 0) is 26.3 Å². The number of likely N-dealkylation sites (N-methyl/N-ethyl adjacent to an activating group) is 1. The first-order valence-corrected chi connectivity index (χ1v) is 12.3. The lowest BCUT2D eigenvalue weighted by molar-refractivity contribution is -0.161. The summed E-state index contributed by atoms with van der Waals surface area (Å²) in [7, 11) is 0. The molecule has 36 heavy (non-hydrogen) atoms. The van der Waals surface area contributed by atoms with Crippen molar-refractivity contribution in [1.82, 2.24) is 25.3 Å². The molecule has 0 saturated carbocycles. The van der Waals surface area contributed by atoms with Crippen LogP contribution in [0.15, 0.2) is 30.3 Å². The lowest BCUT2D eigenvalue weighted by Gasteiger charge is -2.44. The number of hydrogen-bond acceptors (Lipinski definition) is 7. The third kappa shape index (κ3) is 4.27. The molecule has 4 rings (SSSR count). The largest absolute Gasteiger partial charge is 0.480 e. The van der Waals surface area contributed by atoms with Crippen LogP contribution in [0.4, 0.5) is 4.79 Å². The average Bonchev–Trinajstić information content (AvgIpc) is 3.10. The number of piperazine rings is 1. The summed E-state index contributed by atoms with van der Waals surface area (Å²) < 4.78 is -0.758. The predicted octanol–water partition coefficient (Wildman–Crippen LogP) is -0.240. The fraction of sp³-hybridized carbons (Fsp3) is 0.478. The lowest BCUT2D eigenvalue weighted by atomic mass is 9.95. The number of imide groups is 1. The van der Waals surface area contributed by atoms with E-state index in [1.807, 2.05) is 0 Å². The van der Waals surface area contributed by atoms with Crippen molar-refractivity contribution >= 4 is 47.4 Å². The van der Waals surface area contributed by atoms with E-state index in [1.54, 1.807) is 51.1 Å². The smallest absolute Gasteiger partial charge is 0.327 e. The Kier molecular flexibility index (Phi) is 6.69. The van der Waals surface area contributed by atoms with Crippen LogP contribution >= 0.6 is 11.8 Å². The van der Waals surface area contributed by atoms with E-state index in [4.69, 9.17) is 0 Å². The van der Waals surface area contributed by atoms with Gasteiger partial charge in [-0.1, -0.05) is 30.3 Å². The first-order chi connectivity index (χ1) is 17.0. The van der Waals surface area contributed by atoms with E-state index in [2.05, 4.69) is 10.6 Å². The Morgan fingerprint density at radius 1 is 1.11 bits per heavy atom. The van der Waals surface area contributed by atoms with E-state index in [0.29, 0.717) is 12.1 Å². The zero-order valence-corrected chi connectivity index (χ0v) is 20.8. The lowest BCUT2D eigenvalue weighted by Crippen LogP contribution is -2.71. The summed E-state index contributed by atoms with van der Waals surface area (Å²) in [6.07, 6.45) is 0. The Balaban J connectivity index is 1.51. The molecular weight excluding hydrogens is 490 g/mol. The van der Waals surface area contributed by atoms with Crippen molar-refractivity contribution in [3.8, 4) is 0 Å². The van der Waals surface area contributed by atoms with Gasteiger partial charge in [0, 0.05) is 24.4 Å². The molecule has 0 aromatic heterocycles. The minimum absolute atomic E-state index is 0.0200. The molecule has 1 aromatic carbocycles. The normalized spacial score (nSPS) is 25.7. The van der Waals surface area contributed by atoms with Crippen LogP contribution in [0.2, 0.25) is 0 Å². The molecule has 3 N–H and O–H groups in total. The van der Waals surface area contributed by atoms with Gasteiger partial charge in [0.2, 0.25) is 11.8 Å². The van der Waals surface area contributed by atoms with Crippen LogP contribution in [-0.2, 0) is 24.0 Å². The molecule has 192 valence electrons. The minimum atomic E-state index is -1.26. The van der Waals surface area contributed by atoms with Gasteiger partial charge in [-0.15, -0.1) is 11.8 Å². The quantitative estimate of drug-likeness (QED) is 0.345. The monoisotopic (exact) mass is 517 g/mol. The molecular formula is C23H27N5O7S. The first kappa shape index (κ1) is 25.5. The van der Waals surface area contributed by atoms with E-state index < -0.39 is 63.9 Å². The number of benzene rings is 1. The number of carboxylic acids is 1. The van der Waals surface area contributed by atoms with Crippen molar-refractivity contribution < 1.29 is 33.9 Å². The molecule has 3 saturated heterocycles. The van der Waals surface area contributed by atoms with E-state index >= 15 is 0 Å². The van der Waals surface area contributed by atoms with Gasteiger partial charge in [-0.25, -0.2) is 9.59 Å². The molecule has 0 spiro atoms. The number of carboxylic acid groups (broad SMARTS) is 1. The molecule has 3 fully saturated rings. The molecule has 4 atom stereocenters. The van der Waals surface area contributed by atoms with Gasteiger partial charge in [0.15, 0.2) is 0 Å². The zero-order chi connectivity index (χ0) is 26.4. The van der Waals surface area contributed by atoms with Crippen LogP contribution in [0, 0.1) is 0 Å². The number of amides is 6. The maximum absolute atomic E-state index is 13.3. The second-order valence-corrected chi connectivity index (χ2v) is 11.0. The summed E-state index contributed by atoms with van der Waals surface area (Å²) in [5.74, 6) is -4.12. The number of β-lactam (4-membered cyclic amide) rings is 1. The van der Waals surface area contributed by atoms with Crippen molar-refractivity contribution in [1.29, 1.82) is 0 Å². The van der Waals surface area contributed by atoms with Crippen LogP contribution in [0.25, 0.3) is 0 Å². The molecule has 3 aliphatic heterocycles. The Morgan fingerprint density at radius 3 is 2.39 bits per heavy atom. The minimum Gasteiger partial charge on any atom is -0.480 e. The molecule has 0 aliphatic carbocycles. The van der Waals surface area contributed by atoms with Crippen molar-refractivity contribution in [2.45, 2.75) is 49.0 Å². The third-order valence-corrected chi connectivity index (χ3v) is 8.14. The SMILES string of the molecule is CCN1CCN(C(=O)NC(C(=O)N[C@H]2C(=O)N3[C@H]2SC(C)(C)[C@H]3C(=O)O)c2ccccc2)C(=O)C1=O. The number of nitrogens with one attached hydrogen (secondary N) is 2. The van der Waals surface area contributed by atoms with Gasteiger partial charge in [0.05, 0.1) is 0 Å². The number of thioether (sulfide) groups is 1. The number of rotatable bonds is 6. The molecule has 13 heteroatoms. The summed E-state index contributed by atoms with van der Waals surface area (Å²) in [4.78, 5) is 78.8. The predicted molar refractivity (Wildman–Crippen MR) is 127 cm³/mol. The maximum atomic E-state index is 13.3. The number of hydrogen-bond donors (Lipinski definition) is 3. The summed E-state index contributed by atoms with van der Waals surface area (Å²) >= 11 is 1.28. The van der Waals surface area contributed by atoms with E-state index in [-0.39, 0.29) is 13.1 Å². The number of carbonyl (C=O) groups is 6. The van der Waals surface area contributed by atoms with Crippen LogP contribution < -0.4 is 10.6 Å². The summed E-state index contributed by atoms with van der Waals surface area (Å²) in [6.45, 7) is 5.67. The fourth-order valence-corrected chi connectivity index (χ4v) is 6.32. The van der Waals surface area contributed by atoms with Crippen molar-refractivity contribution in [3.63, 3.8) is 0 Å². The molecule has 6 amide bonds. The highest BCUT2D eigenvalue weighted by Gasteiger charge is 2.64. The Bertz CT molecular complexity index is 1130. The molecule has 3 heterocycles. The van der Waals surface area contributed by atoms with E-state index in [1.165, 1.54) is 21.6 Å². The molecule has 0 radical (unpaired) electrons. The highest BCUT2D eigenvalue weighted by Crippen LogP contribution is 2.50. The topological polar surface area (TPSA) is 156 Å². The summed E-state index contributed by atoms with van der Waals surface area (Å²) in [5.41, 5.74) is 0.403. The van der Waals surface area contributed by atoms with Gasteiger partial charge in [0.25, 0.3) is 0 Å². The van der Waals surface area contributed by atoms with Crippen LogP contribution in [0.5, 0.6) is 0 Å². The summed E-state index contributed by atoms with van der Waals surface area (Å²) in [6, 6.07) is 4.11. The molecule has 1 unspecified atom stereocenters. The highest BCUT2D eigenvalue weighted by atomic mass is 32.2. The van der Waals surface area contributed by atoms with Gasteiger partial charge in [-0.3, -0.25) is 24.1 Å². The van der Waals surface area contributed by atoms with Crippen molar-refractivity contribution in [2.24, 2.45) is 0 Å². The first-order valence-electron chi connectivity index (χ1n) is 11.5. The third-order valence-electron chi connectivity index (χ3n) is 6.57. The van der Waals surface area contributed by atoms with Crippen LogP contribution in [0.3, 0.4) is 0 Å². The van der Waals surface area contributed by atoms with Gasteiger partial charge >= 0.3 is 23.8 Å². The van der Waals surface area contributed by atoms with Gasteiger partial charge in [0.1, 0.15) is 23.5 Å². The van der Waals surface area contributed by atoms with Gasteiger partial charge < -0.3 is 25.5 Å². The van der Waals surface area contributed by atoms with E-state index in [0.717, 1.165) is 4.90 Å². The number of nitrogens with zero attached hydrogens (tertiary/aromatic N) is 3. The highest BCUT2D eigenvalue weighted by molar-refractivity contribution is 8.01. The number of carbonyl (C=O) groups excluding carboxylic acids is 5. The zero-order valence-electron chi connectivity index (χ0n) is 20.0. The Labute approximate surface area is 211 Å².